The van der Waals surface area contributed by atoms with E-state index >= 15 is 0 Å². The molecule has 0 fully saturated rings. The fourth-order valence-corrected chi connectivity index (χ4v) is 3.96. The number of hydrogen-bond acceptors (Lipinski definition) is 8. The van der Waals surface area contributed by atoms with Crippen LogP contribution in [-0.2, 0) is 11.3 Å². The Morgan fingerprint density at radius 2 is 2.11 bits per heavy atom. The molecule has 2 aromatic carbocycles. The van der Waals surface area contributed by atoms with Crippen LogP contribution >= 0.6 is 11.6 Å². The molecule has 10 heteroatoms. The Morgan fingerprint density at radius 1 is 1.22 bits per heavy atom. The molecule has 1 amide bonds. The lowest BCUT2D eigenvalue weighted by Crippen LogP contribution is -2.31. The van der Waals surface area contributed by atoms with Crippen molar-refractivity contribution in [3.8, 4) is 11.8 Å². The second-order valence-corrected chi connectivity index (χ2v) is 8.77. The van der Waals surface area contributed by atoms with E-state index in [2.05, 4.69) is 43.8 Å². The molecule has 1 aliphatic heterocycles. The third-order valence-corrected chi connectivity index (χ3v) is 5.93. The fraction of sp³-hybridized carbons (Fsp3) is 0.308. The number of aromatic nitrogens is 2. The maximum Gasteiger partial charge on any atom is 0.229 e. The van der Waals surface area contributed by atoms with E-state index in [4.69, 9.17) is 16.3 Å². The second-order valence-electron chi connectivity index (χ2n) is 8.33. The first-order valence-corrected chi connectivity index (χ1v) is 12.2. The number of nitrogens with one attached hydrogen (secondary N) is 3. The van der Waals surface area contributed by atoms with Gasteiger partial charge in [-0.05, 0) is 48.9 Å². The van der Waals surface area contributed by atoms with E-state index in [1.807, 2.05) is 24.3 Å². The van der Waals surface area contributed by atoms with Crippen molar-refractivity contribution < 1.29 is 9.53 Å². The van der Waals surface area contributed by atoms with Crippen molar-refractivity contribution in [1.82, 2.24) is 20.2 Å². The third kappa shape index (κ3) is 6.84. The van der Waals surface area contributed by atoms with Gasteiger partial charge in [0.25, 0.3) is 0 Å². The maximum atomic E-state index is 12.3. The highest BCUT2D eigenvalue weighted by Crippen LogP contribution is 2.31. The monoisotopic (exact) mass is 505 g/mol. The van der Waals surface area contributed by atoms with Crippen molar-refractivity contribution >= 4 is 40.6 Å². The Kier molecular flexibility index (Phi) is 8.55. The lowest BCUT2D eigenvalue weighted by atomic mass is 10.1. The minimum absolute atomic E-state index is 0.0202. The summed E-state index contributed by atoms with van der Waals surface area (Å²) in [4.78, 5) is 23.4. The van der Waals surface area contributed by atoms with Crippen LogP contribution in [0.1, 0.15) is 30.9 Å². The Morgan fingerprint density at radius 3 is 2.94 bits per heavy atom. The van der Waals surface area contributed by atoms with Gasteiger partial charge in [-0.25, -0.2) is 4.98 Å². The molecule has 186 valence electrons. The van der Waals surface area contributed by atoms with Crippen LogP contribution in [0.5, 0.6) is 5.75 Å². The van der Waals surface area contributed by atoms with Gasteiger partial charge >= 0.3 is 0 Å². The van der Waals surface area contributed by atoms with Gasteiger partial charge in [0.15, 0.2) is 5.82 Å². The van der Waals surface area contributed by atoms with Crippen LogP contribution in [0.2, 0.25) is 5.02 Å². The molecule has 3 N–H and O–H groups in total. The van der Waals surface area contributed by atoms with Crippen molar-refractivity contribution in [2.45, 2.75) is 26.3 Å². The highest BCUT2D eigenvalue weighted by atomic mass is 35.5. The molecule has 1 aliphatic rings. The number of anilines is 4. The first-order valence-electron chi connectivity index (χ1n) is 11.9. The van der Waals surface area contributed by atoms with Crippen molar-refractivity contribution in [2.75, 3.05) is 36.9 Å². The molecular formula is C26H28ClN7O2. The summed E-state index contributed by atoms with van der Waals surface area (Å²) in [5.74, 6) is 1.27. The van der Waals surface area contributed by atoms with Gasteiger partial charge in [0.05, 0.1) is 18.5 Å². The molecule has 2 heterocycles. The van der Waals surface area contributed by atoms with E-state index in [1.54, 1.807) is 18.2 Å². The number of benzene rings is 2. The van der Waals surface area contributed by atoms with Crippen LogP contribution in [-0.4, -0.2) is 47.0 Å². The van der Waals surface area contributed by atoms with Crippen molar-refractivity contribution in [1.29, 1.82) is 5.26 Å². The maximum absolute atomic E-state index is 12.3. The SMILES string of the molecule is CCN1CCC(=O)NCCCOc2ccc(Cl)cc2Nc2ncc(C#N)c(n2)Nc2cccc(c2)C1. The summed E-state index contributed by atoms with van der Waals surface area (Å²) in [6.45, 7) is 5.19. The minimum Gasteiger partial charge on any atom is -0.491 e. The Balaban J connectivity index is 1.66. The van der Waals surface area contributed by atoms with E-state index in [0.29, 0.717) is 72.9 Å². The van der Waals surface area contributed by atoms with Gasteiger partial charge in [0, 0.05) is 36.8 Å². The summed E-state index contributed by atoms with van der Waals surface area (Å²) in [6, 6.07) is 15.3. The number of amides is 1. The number of fused-ring (bicyclic) bond motifs is 5. The molecule has 0 radical (unpaired) electrons. The van der Waals surface area contributed by atoms with Crippen LogP contribution in [0.25, 0.3) is 0 Å². The Bertz CT molecular complexity index is 1260. The average Bonchev–Trinajstić information content (AvgIpc) is 2.87. The highest BCUT2D eigenvalue weighted by molar-refractivity contribution is 6.31. The van der Waals surface area contributed by atoms with Crippen LogP contribution in [0.15, 0.2) is 48.7 Å². The molecule has 3 aromatic rings. The molecule has 0 aliphatic carbocycles. The summed E-state index contributed by atoms with van der Waals surface area (Å²) >= 11 is 6.22. The Hall–Kier alpha value is -3.87. The molecule has 4 bridgehead atoms. The number of rotatable bonds is 1. The predicted octanol–water partition coefficient (Wildman–Crippen LogP) is 4.60. The molecule has 0 atom stereocenters. The number of halogens is 1. The standard InChI is InChI=1S/C26H28ClN7O2/c1-2-34-11-9-24(35)29-10-4-12-36-23-8-7-20(27)14-22(23)32-26-30-16-19(15-28)25(33-26)31-21-6-3-5-18(13-21)17-34/h3,5-8,13-14,16H,2,4,9-12,17H2,1H3,(H,29,35)(H2,30,31,32,33). The van der Waals surface area contributed by atoms with E-state index in [0.717, 1.165) is 17.8 Å². The second kappa shape index (κ2) is 12.2. The first kappa shape index (κ1) is 25.2. The summed E-state index contributed by atoms with van der Waals surface area (Å²) in [5, 5.41) is 19.5. The molecule has 9 nitrogen and oxygen atoms in total. The molecule has 36 heavy (non-hydrogen) atoms. The molecule has 0 saturated carbocycles. The smallest absolute Gasteiger partial charge is 0.229 e. The summed E-state index contributed by atoms with van der Waals surface area (Å²) in [6.07, 6.45) is 2.55. The summed E-state index contributed by atoms with van der Waals surface area (Å²) < 4.78 is 5.94. The van der Waals surface area contributed by atoms with Crippen LogP contribution < -0.4 is 20.7 Å². The van der Waals surface area contributed by atoms with Crippen LogP contribution in [0.4, 0.5) is 23.1 Å². The molecule has 0 saturated heterocycles. The largest absolute Gasteiger partial charge is 0.491 e. The lowest BCUT2D eigenvalue weighted by molar-refractivity contribution is -0.121. The quantitative estimate of drug-likeness (QED) is 0.439. The zero-order valence-electron chi connectivity index (χ0n) is 20.1. The van der Waals surface area contributed by atoms with Gasteiger partial charge in [-0.3, -0.25) is 9.69 Å². The average molecular weight is 506 g/mol. The van der Waals surface area contributed by atoms with Crippen molar-refractivity contribution in [3.05, 3.63) is 64.8 Å². The zero-order chi connectivity index (χ0) is 25.3. The zero-order valence-corrected chi connectivity index (χ0v) is 20.8. The third-order valence-electron chi connectivity index (χ3n) is 5.70. The van der Waals surface area contributed by atoms with Gasteiger partial charge < -0.3 is 20.7 Å². The Labute approximate surface area is 215 Å². The van der Waals surface area contributed by atoms with Gasteiger partial charge in [-0.15, -0.1) is 0 Å². The molecule has 4 rings (SSSR count). The number of nitrogens with zero attached hydrogens (tertiary/aromatic N) is 4. The summed E-state index contributed by atoms with van der Waals surface area (Å²) in [5.41, 5.74) is 2.79. The highest BCUT2D eigenvalue weighted by Gasteiger charge is 2.13. The van der Waals surface area contributed by atoms with Gasteiger partial charge in [-0.2, -0.15) is 10.2 Å². The molecule has 1 aromatic heterocycles. The van der Waals surface area contributed by atoms with Crippen LogP contribution in [0, 0.1) is 11.3 Å². The number of nitriles is 1. The van der Waals surface area contributed by atoms with Gasteiger partial charge in [0.1, 0.15) is 17.4 Å². The minimum atomic E-state index is 0.0202. The van der Waals surface area contributed by atoms with Gasteiger partial charge in [-0.1, -0.05) is 30.7 Å². The predicted molar refractivity (Wildman–Crippen MR) is 140 cm³/mol. The lowest BCUT2D eigenvalue weighted by Gasteiger charge is -2.21. The summed E-state index contributed by atoms with van der Waals surface area (Å²) in [7, 11) is 0. The number of carbonyl (C=O) groups is 1. The molecule has 0 unspecified atom stereocenters. The van der Waals surface area contributed by atoms with E-state index < -0.39 is 0 Å². The van der Waals surface area contributed by atoms with Crippen molar-refractivity contribution in [3.63, 3.8) is 0 Å². The number of hydrogen-bond donors (Lipinski definition) is 3. The topological polar surface area (TPSA) is 115 Å². The van der Waals surface area contributed by atoms with E-state index in [1.165, 1.54) is 6.20 Å². The molecular weight excluding hydrogens is 478 g/mol. The normalized spacial score (nSPS) is 15.2. The van der Waals surface area contributed by atoms with E-state index in [-0.39, 0.29) is 5.91 Å². The molecule has 0 spiro atoms. The number of ether oxygens (including phenoxy) is 1. The fourth-order valence-electron chi connectivity index (χ4n) is 3.79. The van der Waals surface area contributed by atoms with Crippen LogP contribution in [0.3, 0.4) is 0 Å². The van der Waals surface area contributed by atoms with Crippen molar-refractivity contribution in [2.24, 2.45) is 0 Å². The number of carbonyl (C=O) groups excluding carboxylic acids is 1. The van der Waals surface area contributed by atoms with E-state index in [9.17, 15) is 10.1 Å². The van der Waals surface area contributed by atoms with Gasteiger partial charge in [0.2, 0.25) is 11.9 Å². The first-order chi connectivity index (χ1) is 17.5.